The quantitative estimate of drug-likeness (QED) is 0.635. The van der Waals surface area contributed by atoms with Crippen molar-refractivity contribution in [1.82, 2.24) is 4.72 Å². The smallest absolute Gasteiger partial charge is 0.242 e. The second kappa shape index (κ2) is 5.67. The Kier molecular flexibility index (Phi) is 4.48. The number of nitrogen functional groups attached to an aromatic ring is 1. The summed E-state index contributed by atoms with van der Waals surface area (Å²) < 4.78 is 26.3. The van der Waals surface area contributed by atoms with Gasteiger partial charge in [-0.3, -0.25) is 0 Å². The number of hydrogen-bond acceptors (Lipinski definition) is 4. The van der Waals surface area contributed by atoms with Gasteiger partial charge in [0.1, 0.15) is 4.90 Å². The van der Waals surface area contributed by atoms with E-state index in [9.17, 15) is 8.42 Å². The van der Waals surface area contributed by atoms with Gasteiger partial charge in [0.2, 0.25) is 10.0 Å². The lowest BCUT2D eigenvalue weighted by molar-refractivity contribution is 0.586. The molecule has 1 aromatic carbocycles. The molecule has 0 fully saturated rings. The second-order valence-electron chi connectivity index (χ2n) is 4.00. The van der Waals surface area contributed by atoms with Crippen molar-refractivity contribution in [1.29, 1.82) is 5.26 Å². The molecule has 3 N–H and O–H groups in total. The molecule has 0 heterocycles. The van der Waals surface area contributed by atoms with Gasteiger partial charge < -0.3 is 5.73 Å². The maximum Gasteiger partial charge on any atom is 0.242 e. The molecule has 1 rings (SSSR count). The molecule has 0 aliphatic rings. The summed E-state index contributed by atoms with van der Waals surface area (Å²) in [5.74, 6) is 0. The van der Waals surface area contributed by atoms with Crippen molar-refractivity contribution < 1.29 is 8.42 Å². The minimum absolute atomic E-state index is 0.0105. The summed E-state index contributed by atoms with van der Waals surface area (Å²) in [5.41, 5.74) is 7.05. The van der Waals surface area contributed by atoms with Gasteiger partial charge in [-0.25, -0.2) is 13.1 Å². The SMILES string of the molecule is CC(C)=CCNS(=O)(=O)c1ccc(C#N)cc1N. The zero-order valence-corrected chi connectivity index (χ0v) is 11.1. The molecule has 0 atom stereocenters. The summed E-state index contributed by atoms with van der Waals surface area (Å²) in [6.07, 6.45) is 1.76. The second-order valence-corrected chi connectivity index (χ2v) is 5.73. The molecule has 0 radical (unpaired) electrons. The lowest BCUT2D eigenvalue weighted by Gasteiger charge is -2.07. The fourth-order valence-electron chi connectivity index (χ4n) is 1.30. The zero-order valence-electron chi connectivity index (χ0n) is 10.3. The number of allylic oxidation sites excluding steroid dienone is 1. The Hall–Kier alpha value is -1.84. The molecule has 0 aromatic heterocycles. The molecule has 0 amide bonds. The van der Waals surface area contributed by atoms with E-state index in [-0.39, 0.29) is 17.1 Å². The highest BCUT2D eigenvalue weighted by molar-refractivity contribution is 7.89. The van der Waals surface area contributed by atoms with Crippen LogP contribution in [-0.4, -0.2) is 15.0 Å². The Labute approximate surface area is 107 Å². The Morgan fingerprint density at radius 3 is 2.67 bits per heavy atom. The molecule has 0 aliphatic carbocycles. The van der Waals surface area contributed by atoms with E-state index in [1.165, 1.54) is 18.2 Å². The maximum absolute atomic E-state index is 11.9. The van der Waals surface area contributed by atoms with Crippen LogP contribution in [0.2, 0.25) is 0 Å². The van der Waals surface area contributed by atoms with E-state index in [0.29, 0.717) is 5.56 Å². The third-order valence-corrected chi connectivity index (χ3v) is 3.71. The highest BCUT2D eigenvalue weighted by atomic mass is 32.2. The standard InChI is InChI=1S/C12H15N3O2S/c1-9(2)5-6-15-18(16,17)12-4-3-10(8-13)7-11(12)14/h3-5,7,15H,6,14H2,1-2H3. The largest absolute Gasteiger partial charge is 0.398 e. The average Bonchev–Trinajstić information content (AvgIpc) is 2.27. The lowest BCUT2D eigenvalue weighted by Crippen LogP contribution is -2.24. The molecular formula is C12H15N3O2S. The van der Waals surface area contributed by atoms with E-state index in [4.69, 9.17) is 11.0 Å². The van der Waals surface area contributed by atoms with E-state index in [2.05, 4.69) is 4.72 Å². The number of nitriles is 1. The molecule has 0 saturated heterocycles. The van der Waals surface area contributed by atoms with Crippen molar-refractivity contribution in [2.45, 2.75) is 18.7 Å². The first kappa shape index (κ1) is 14.2. The Balaban J connectivity index is 2.99. The van der Waals surface area contributed by atoms with Crippen molar-refractivity contribution in [2.24, 2.45) is 0 Å². The molecule has 0 aliphatic heterocycles. The van der Waals surface area contributed by atoms with Crippen LogP contribution in [0.3, 0.4) is 0 Å². The van der Waals surface area contributed by atoms with Crippen LogP contribution in [-0.2, 0) is 10.0 Å². The first-order valence-corrected chi connectivity index (χ1v) is 6.78. The van der Waals surface area contributed by atoms with Crippen LogP contribution < -0.4 is 10.5 Å². The van der Waals surface area contributed by atoms with Gasteiger partial charge in [0.15, 0.2) is 0 Å². The molecule has 0 bridgehead atoms. The third-order valence-electron chi connectivity index (χ3n) is 2.21. The number of nitrogens with zero attached hydrogens (tertiary/aromatic N) is 1. The van der Waals surface area contributed by atoms with Crippen LogP contribution in [0.1, 0.15) is 19.4 Å². The van der Waals surface area contributed by atoms with E-state index in [0.717, 1.165) is 5.57 Å². The summed E-state index contributed by atoms with van der Waals surface area (Å²) in [7, 11) is -3.64. The topological polar surface area (TPSA) is 96.0 Å². The van der Waals surface area contributed by atoms with Gasteiger partial charge in [-0.05, 0) is 32.0 Å². The zero-order chi connectivity index (χ0) is 13.8. The fraction of sp³-hybridized carbons (Fsp3) is 0.250. The number of anilines is 1. The van der Waals surface area contributed by atoms with Gasteiger partial charge in [-0.2, -0.15) is 5.26 Å². The van der Waals surface area contributed by atoms with Gasteiger partial charge in [0.05, 0.1) is 17.3 Å². The average molecular weight is 265 g/mol. The molecule has 5 nitrogen and oxygen atoms in total. The van der Waals surface area contributed by atoms with E-state index in [1.807, 2.05) is 19.9 Å². The van der Waals surface area contributed by atoms with E-state index < -0.39 is 10.0 Å². The number of sulfonamides is 1. The number of benzene rings is 1. The normalized spacial score (nSPS) is 10.7. The molecule has 0 unspecified atom stereocenters. The van der Waals surface area contributed by atoms with Crippen molar-refractivity contribution in [2.75, 3.05) is 12.3 Å². The Bertz CT molecular complexity index is 609. The van der Waals surface area contributed by atoms with Gasteiger partial charge in [-0.15, -0.1) is 0 Å². The number of rotatable bonds is 4. The van der Waals surface area contributed by atoms with Crippen LogP contribution >= 0.6 is 0 Å². The Morgan fingerprint density at radius 2 is 2.17 bits per heavy atom. The first-order valence-electron chi connectivity index (χ1n) is 5.29. The molecule has 0 spiro atoms. The highest BCUT2D eigenvalue weighted by Gasteiger charge is 2.16. The summed E-state index contributed by atoms with van der Waals surface area (Å²) >= 11 is 0. The minimum Gasteiger partial charge on any atom is -0.398 e. The monoisotopic (exact) mass is 265 g/mol. The fourth-order valence-corrected chi connectivity index (χ4v) is 2.37. The Morgan fingerprint density at radius 1 is 1.50 bits per heavy atom. The molecule has 18 heavy (non-hydrogen) atoms. The number of hydrogen-bond donors (Lipinski definition) is 2. The summed E-state index contributed by atoms with van der Waals surface area (Å²) in [5, 5.41) is 8.68. The van der Waals surface area contributed by atoms with Crippen LogP contribution in [0.5, 0.6) is 0 Å². The predicted octanol–water partition coefficient (Wildman–Crippen LogP) is 1.38. The minimum atomic E-state index is -3.64. The van der Waals surface area contributed by atoms with Crippen LogP contribution in [0, 0.1) is 11.3 Å². The predicted molar refractivity (Wildman–Crippen MR) is 70.2 cm³/mol. The molecule has 1 aromatic rings. The van der Waals surface area contributed by atoms with Gasteiger partial charge in [-0.1, -0.05) is 11.6 Å². The van der Waals surface area contributed by atoms with Gasteiger partial charge in [0, 0.05) is 6.54 Å². The summed E-state index contributed by atoms with van der Waals surface area (Å²) in [6, 6.07) is 6.00. The van der Waals surface area contributed by atoms with Gasteiger partial charge >= 0.3 is 0 Å². The molecule has 96 valence electrons. The van der Waals surface area contributed by atoms with Crippen LogP contribution in [0.25, 0.3) is 0 Å². The van der Waals surface area contributed by atoms with E-state index >= 15 is 0 Å². The van der Waals surface area contributed by atoms with Crippen molar-refractivity contribution in [3.05, 3.63) is 35.4 Å². The molecular weight excluding hydrogens is 250 g/mol. The third kappa shape index (κ3) is 3.58. The summed E-state index contributed by atoms with van der Waals surface area (Å²) in [6.45, 7) is 3.97. The number of nitrogens with two attached hydrogens (primary N) is 1. The number of nitrogens with one attached hydrogen (secondary N) is 1. The van der Waals surface area contributed by atoms with Crippen molar-refractivity contribution >= 4 is 15.7 Å². The first-order chi connectivity index (χ1) is 8.36. The molecule has 0 saturated carbocycles. The maximum atomic E-state index is 11.9. The van der Waals surface area contributed by atoms with Crippen molar-refractivity contribution in [3.63, 3.8) is 0 Å². The molecule has 6 heteroatoms. The van der Waals surface area contributed by atoms with Crippen LogP contribution in [0.4, 0.5) is 5.69 Å². The lowest BCUT2D eigenvalue weighted by atomic mass is 10.2. The summed E-state index contributed by atoms with van der Waals surface area (Å²) in [4.78, 5) is -0.0105. The van der Waals surface area contributed by atoms with Gasteiger partial charge in [0.25, 0.3) is 0 Å². The van der Waals surface area contributed by atoms with Crippen molar-refractivity contribution in [3.8, 4) is 6.07 Å². The van der Waals surface area contributed by atoms with E-state index in [1.54, 1.807) is 6.08 Å². The van der Waals surface area contributed by atoms with Crippen LogP contribution in [0.15, 0.2) is 34.7 Å². The highest BCUT2D eigenvalue weighted by Crippen LogP contribution is 2.19.